The molecule has 0 saturated heterocycles. The van der Waals surface area contributed by atoms with Gasteiger partial charge in [-0.05, 0) is 18.6 Å². The molecule has 4 nitrogen and oxygen atoms in total. The molecule has 0 unspecified atom stereocenters. The highest BCUT2D eigenvalue weighted by Crippen LogP contribution is 2.36. The van der Waals surface area contributed by atoms with Crippen molar-refractivity contribution in [3.63, 3.8) is 0 Å². The van der Waals surface area contributed by atoms with Crippen LogP contribution in [-0.2, 0) is 4.79 Å². The second-order valence-corrected chi connectivity index (χ2v) is 5.32. The third kappa shape index (κ3) is 3.18. The van der Waals surface area contributed by atoms with Crippen molar-refractivity contribution in [2.45, 2.75) is 13.8 Å². The number of anilines is 2. The molecule has 0 fully saturated rings. The summed E-state index contributed by atoms with van der Waals surface area (Å²) in [5.41, 5.74) is 7.57. The predicted molar refractivity (Wildman–Crippen MR) is 76.1 cm³/mol. The van der Waals surface area contributed by atoms with Crippen LogP contribution in [0.5, 0.6) is 0 Å². The first kappa shape index (κ1) is 14.0. The van der Waals surface area contributed by atoms with E-state index in [1.807, 2.05) is 18.4 Å². The van der Waals surface area contributed by atoms with Gasteiger partial charge in [-0.15, -0.1) is 35.1 Å². The van der Waals surface area contributed by atoms with E-state index in [2.05, 4.69) is 10.3 Å². The third-order valence-electron chi connectivity index (χ3n) is 1.97. The number of aryl methyl sites for hydroxylation is 1. The second kappa shape index (κ2) is 5.48. The largest absolute Gasteiger partial charge is 0.375 e. The summed E-state index contributed by atoms with van der Waals surface area (Å²) in [6.07, 6.45) is 0. The fraction of sp³-hybridized carbons (Fsp3) is 0.200. The number of hydrogen-bond donors (Lipinski definition) is 2. The van der Waals surface area contributed by atoms with Crippen molar-refractivity contribution in [3.8, 4) is 10.6 Å². The Morgan fingerprint density at radius 2 is 2.24 bits per heavy atom. The molecule has 0 saturated carbocycles. The molecule has 0 bridgehead atoms. The molecule has 0 aliphatic carbocycles. The Morgan fingerprint density at radius 1 is 1.53 bits per heavy atom. The summed E-state index contributed by atoms with van der Waals surface area (Å²) in [5, 5.41) is 6.09. The van der Waals surface area contributed by atoms with E-state index in [1.165, 1.54) is 29.6 Å². The summed E-state index contributed by atoms with van der Waals surface area (Å²) in [6.45, 7) is 3.49. The van der Waals surface area contributed by atoms with Crippen molar-refractivity contribution in [1.29, 1.82) is 0 Å². The van der Waals surface area contributed by atoms with Crippen molar-refractivity contribution >= 4 is 51.1 Å². The minimum atomic E-state index is -0.0643. The average Bonchev–Trinajstić information content (AvgIpc) is 2.72. The monoisotopic (exact) mass is 289 g/mol. The number of nitrogens with one attached hydrogen (secondary N) is 1. The van der Waals surface area contributed by atoms with Crippen LogP contribution in [0.1, 0.15) is 12.5 Å². The van der Waals surface area contributed by atoms with Gasteiger partial charge in [0.2, 0.25) is 5.91 Å². The second-order valence-electron chi connectivity index (χ2n) is 3.37. The molecule has 3 N–H and O–H groups in total. The smallest absolute Gasteiger partial charge is 0.221 e. The van der Waals surface area contributed by atoms with E-state index in [0.29, 0.717) is 5.13 Å². The molecule has 2 heterocycles. The normalized spacial score (nSPS) is 9.76. The molecule has 92 valence electrons. The summed E-state index contributed by atoms with van der Waals surface area (Å²) in [5.74, 6) is -0.0643. The lowest BCUT2D eigenvalue weighted by atomic mass is 10.2. The number of thiophene rings is 1. The molecule has 2 aromatic rings. The lowest BCUT2D eigenvalue weighted by Gasteiger charge is -1.94. The van der Waals surface area contributed by atoms with Crippen molar-refractivity contribution < 1.29 is 4.79 Å². The van der Waals surface area contributed by atoms with Crippen LogP contribution >= 0.6 is 35.1 Å². The number of carbonyl (C=O) groups excluding carboxylic acids is 1. The summed E-state index contributed by atoms with van der Waals surface area (Å²) in [6, 6.07) is 1.94. The number of nitrogens with two attached hydrogens (primary N) is 1. The Morgan fingerprint density at radius 3 is 2.76 bits per heavy atom. The topological polar surface area (TPSA) is 68.0 Å². The maximum Gasteiger partial charge on any atom is 0.221 e. The number of rotatable bonds is 2. The van der Waals surface area contributed by atoms with Gasteiger partial charge >= 0.3 is 0 Å². The molecule has 2 aromatic heterocycles. The van der Waals surface area contributed by atoms with E-state index in [9.17, 15) is 4.79 Å². The minimum absolute atomic E-state index is 0. The Balaban J connectivity index is 0.00000144. The van der Waals surface area contributed by atoms with Gasteiger partial charge in [0.15, 0.2) is 5.13 Å². The van der Waals surface area contributed by atoms with E-state index >= 15 is 0 Å². The Bertz CT molecular complexity index is 535. The van der Waals surface area contributed by atoms with Crippen molar-refractivity contribution in [2.24, 2.45) is 0 Å². The zero-order valence-electron chi connectivity index (χ0n) is 9.31. The number of hydrogen-bond acceptors (Lipinski definition) is 5. The number of amides is 1. The van der Waals surface area contributed by atoms with Gasteiger partial charge < -0.3 is 11.1 Å². The molecule has 0 aliphatic rings. The number of nitrogen functional groups attached to an aromatic ring is 1. The molecule has 0 spiro atoms. The molecule has 0 aromatic carbocycles. The maximum absolute atomic E-state index is 10.9. The molecular weight excluding hydrogens is 278 g/mol. The molecule has 1 amide bonds. The van der Waals surface area contributed by atoms with Gasteiger partial charge in [0.05, 0.1) is 15.6 Å². The number of aromatic nitrogens is 1. The first-order chi connectivity index (χ1) is 7.56. The Hall–Kier alpha value is -1.11. The van der Waals surface area contributed by atoms with E-state index in [4.69, 9.17) is 5.73 Å². The van der Waals surface area contributed by atoms with Gasteiger partial charge in [0, 0.05) is 12.3 Å². The first-order valence-corrected chi connectivity index (χ1v) is 6.35. The fourth-order valence-corrected chi connectivity index (χ4v) is 3.07. The molecule has 17 heavy (non-hydrogen) atoms. The standard InChI is InChI=1S/C10H11N3OS2.ClH/c1-5-3-8(12-6(2)14)16-9(5)7-4-15-10(11)13-7;/h3-4H,1-2H3,(H2,11,13)(H,12,14);1H. The molecular formula is C10H12ClN3OS2. The molecule has 2 rings (SSSR count). The predicted octanol–water partition coefficient (Wildman–Crippen LogP) is 3.14. The fourth-order valence-electron chi connectivity index (χ4n) is 1.36. The van der Waals surface area contributed by atoms with Gasteiger partial charge in [0.25, 0.3) is 0 Å². The highest BCUT2D eigenvalue weighted by atomic mass is 35.5. The van der Waals surface area contributed by atoms with Gasteiger partial charge in [-0.2, -0.15) is 0 Å². The van der Waals surface area contributed by atoms with Gasteiger partial charge in [-0.1, -0.05) is 0 Å². The number of carbonyl (C=O) groups is 1. The van der Waals surface area contributed by atoms with E-state index in [0.717, 1.165) is 21.1 Å². The van der Waals surface area contributed by atoms with Crippen LogP contribution in [0.2, 0.25) is 0 Å². The van der Waals surface area contributed by atoms with Gasteiger partial charge in [0.1, 0.15) is 0 Å². The van der Waals surface area contributed by atoms with Gasteiger partial charge in [-0.25, -0.2) is 4.98 Å². The van der Waals surface area contributed by atoms with Crippen molar-refractivity contribution in [1.82, 2.24) is 4.98 Å². The van der Waals surface area contributed by atoms with Crippen LogP contribution < -0.4 is 11.1 Å². The average molecular weight is 290 g/mol. The summed E-state index contributed by atoms with van der Waals surface area (Å²) < 4.78 is 0. The maximum atomic E-state index is 10.9. The van der Waals surface area contributed by atoms with Crippen LogP contribution in [0.3, 0.4) is 0 Å². The van der Waals surface area contributed by atoms with Crippen LogP contribution in [0.25, 0.3) is 10.6 Å². The van der Waals surface area contributed by atoms with Crippen molar-refractivity contribution in [3.05, 3.63) is 17.0 Å². The summed E-state index contributed by atoms with van der Waals surface area (Å²) >= 11 is 2.93. The highest BCUT2D eigenvalue weighted by molar-refractivity contribution is 7.20. The zero-order valence-corrected chi connectivity index (χ0v) is 11.8. The molecule has 0 radical (unpaired) electrons. The highest BCUT2D eigenvalue weighted by Gasteiger charge is 2.11. The van der Waals surface area contributed by atoms with Crippen LogP contribution in [0.15, 0.2) is 11.4 Å². The van der Waals surface area contributed by atoms with Crippen molar-refractivity contribution in [2.75, 3.05) is 11.1 Å². The zero-order chi connectivity index (χ0) is 11.7. The third-order valence-corrected chi connectivity index (χ3v) is 3.82. The number of nitrogens with zero attached hydrogens (tertiary/aromatic N) is 1. The van der Waals surface area contributed by atoms with E-state index < -0.39 is 0 Å². The lowest BCUT2D eigenvalue weighted by Crippen LogP contribution is -2.03. The van der Waals surface area contributed by atoms with Crippen LogP contribution in [-0.4, -0.2) is 10.9 Å². The molecule has 0 aliphatic heterocycles. The minimum Gasteiger partial charge on any atom is -0.375 e. The van der Waals surface area contributed by atoms with E-state index in [-0.39, 0.29) is 18.3 Å². The first-order valence-electron chi connectivity index (χ1n) is 4.65. The number of thiazole rings is 1. The lowest BCUT2D eigenvalue weighted by molar-refractivity contribution is -0.114. The SMILES string of the molecule is CC(=O)Nc1cc(C)c(-c2csc(N)n2)s1.Cl. The summed E-state index contributed by atoms with van der Waals surface area (Å²) in [7, 11) is 0. The van der Waals surface area contributed by atoms with Crippen LogP contribution in [0, 0.1) is 6.92 Å². The molecule has 7 heteroatoms. The quantitative estimate of drug-likeness (QED) is 0.892. The Labute approximate surface area is 113 Å². The Kier molecular flexibility index (Phi) is 4.50. The summed E-state index contributed by atoms with van der Waals surface area (Å²) in [4.78, 5) is 16.2. The van der Waals surface area contributed by atoms with Crippen LogP contribution in [0.4, 0.5) is 10.1 Å². The van der Waals surface area contributed by atoms with E-state index in [1.54, 1.807) is 0 Å². The molecule has 0 atom stereocenters. The van der Waals surface area contributed by atoms with Gasteiger partial charge in [-0.3, -0.25) is 4.79 Å². The number of halogens is 1.